The Balaban J connectivity index is 1.39. The number of likely N-dealkylation sites (N-methyl/N-ethyl adjacent to an activating group) is 1. The SMILES string of the molecule is CN(Cc1ccccc1)CC(O)COc1ccc(CN2CCCCCC2)cc1. The van der Waals surface area contributed by atoms with Crippen molar-refractivity contribution in [3.05, 3.63) is 65.7 Å². The molecule has 1 heterocycles. The van der Waals surface area contributed by atoms with E-state index in [9.17, 15) is 5.11 Å². The fraction of sp³-hybridized carbons (Fsp3) is 0.500. The van der Waals surface area contributed by atoms with E-state index in [1.807, 2.05) is 37.4 Å². The van der Waals surface area contributed by atoms with Crippen molar-refractivity contribution in [3.8, 4) is 5.75 Å². The number of benzene rings is 2. The number of aliphatic hydroxyl groups is 1. The van der Waals surface area contributed by atoms with Gasteiger partial charge in [-0.15, -0.1) is 0 Å². The molecule has 1 saturated heterocycles. The molecule has 0 spiro atoms. The average molecular weight is 383 g/mol. The maximum atomic E-state index is 10.3. The minimum Gasteiger partial charge on any atom is -0.491 e. The molecule has 1 N–H and O–H groups in total. The Morgan fingerprint density at radius 1 is 0.929 bits per heavy atom. The van der Waals surface area contributed by atoms with Gasteiger partial charge in [0.1, 0.15) is 18.5 Å². The van der Waals surface area contributed by atoms with Crippen molar-refractivity contribution in [1.82, 2.24) is 9.80 Å². The van der Waals surface area contributed by atoms with Crippen molar-refractivity contribution in [2.45, 2.75) is 44.9 Å². The van der Waals surface area contributed by atoms with Crippen LogP contribution >= 0.6 is 0 Å². The fourth-order valence-corrected chi connectivity index (χ4v) is 3.81. The van der Waals surface area contributed by atoms with Crippen LogP contribution in [0.25, 0.3) is 0 Å². The minimum absolute atomic E-state index is 0.310. The van der Waals surface area contributed by atoms with Gasteiger partial charge in [0.25, 0.3) is 0 Å². The number of likely N-dealkylation sites (tertiary alicyclic amines) is 1. The van der Waals surface area contributed by atoms with Crippen molar-refractivity contribution >= 4 is 0 Å². The molecule has 4 nitrogen and oxygen atoms in total. The standard InChI is InChI=1S/C24H34N2O2/c1-25(17-21-9-5-4-6-10-21)19-23(27)20-28-24-13-11-22(12-14-24)18-26-15-7-2-3-8-16-26/h4-6,9-14,23,27H,2-3,7-8,15-20H2,1H3. The van der Waals surface area contributed by atoms with E-state index >= 15 is 0 Å². The summed E-state index contributed by atoms with van der Waals surface area (Å²) in [5.74, 6) is 0.823. The lowest BCUT2D eigenvalue weighted by atomic mass is 10.2. The van der Waals surface area contributed by atoms with Gasteiger partial charge < -0.3 is 9.84 Å². The quantitative estimate of drug-likeness (QED) is 0.713. The maximum absolute atomic E-state index is 10.3. The number of hydrogen-bond acceptors (Lipinski definition) is 4. The minimum atomic E-state index is -0.509. The van der Waals surface area contributed by atoms with Crippen molar-refractivity contribution in [2.75, 3.05) is 33.3 Å². The summed E-state index contributed by atoms with van der Waals surface area (Å²) < 4.78 is 5.79. The van der Waals surface area contributed by atoms with E-state index in [4.69, 9.17) is 4.74 Å². The molecule has 1 aliphatic heterocycles. The molecule has 0 aromatic heterocycles. The van der Waals surface area contributed by atoms with Crippen LogP contribution in [0.4, 0.5) is 0 Å². The topological polar surface area (TPSA) is 35.9 Å². The highest BCUT2D eigenvalue weighted by atomic mass is 16.5. The van der Waals surface area contributed by atoms with E-state index in [-0.39, 0.29) is 0 Å². The van der Waals surface area contributed by atoms with Gasteiger partial charge in [-0.05, 0) is 56.2 Å². The Morgan fingerprint density at radius 3 is 2.29 bits per heavy atom. The van der Waals surface area contributed by atoms with Crippen LogP contribution in [0.1, 0.15) is 36.8 Å². The molecule has 4 heteroatoms. The monoisotopic (exact) mass is 382 g/mol. The second-order valence-electron chi connectivity index (χ2n) is 7.98. The lowest BCUT2D eigenvalue weighted by molar-refractivity contribution is 0.0744. The Morgan fingerprint density at radius 2 is 1.61 bits per heavy atom. The number of rotatable bonds is 9. The molecule has 0 aliphatic carbocycles. The molecule has 152 valence electrons. The summed E-state index contributed by atoms with van der Waals surface area (Å²) in [6, 6.07) is 18.6. The summed E-state index contributed by atoms with van der Waals surface area (Å²) in [6.07, 6.45) is 4.86. The molecule has 28 heavy (non-hydrogen) atoms. The van der Waals surface area contributed by atoms with Crippen LogP contribution in [0.2, 0.25) is 0 Å². The molecular formula is C24H34N2O2. The number of ether oxygens (including phenoxy) is 1. The smallest absolute Gasteiger partial charge is 0.119 e. The first-order valence-corrected chi connectivity index (χ1v) is 10.5. The Bertz CT molecular complexity index is 667. The lowest BCUT2D eigenvalue weighted by Gasteiger charge is -2.21. The van der Waals surface area contributed by atoms with Crippen LogP contribution in [-0.4, -0.2) is 54.3 Å². The highest BCUT2D eigenvalue weighted by Crippen LogP contribution is 2.17. The van der Waals surface area contributed by atoms with Gasteiger partial charge in [-0.25, -0.2) is 0 Å². The highest BCUT2D eigenvalue weighted by molar-refractivity contribution is 5.27. The van der Waals surface area contributed by atoms with Gasteiger partial charge in [0.05, 0.1) is 0 Å². The predicted molar refractivity (Wildman–Crippen MR) is 114 cm³/mol. The number of hydrogen-bond donors (Lipinski definition) is 1. The molecule has 0 saturated carbocycles. The van der Waals surface area contributed by atoms with Crippen LogP contribution < -0.4 is 4.74 Å². The molecule has 1 atom stereocenters. The average Bonchev–Trinajstić information content (AvgIpc) is 2.97. The Labute approximate surface area is 169 Å². The van der Waals surface area contributed by atoms with E-state index in [1.54, 1.807) is 0 Å². The molecule has 1 unspecified atom stereocenters. The molecule has 2 aromatic carbocycles. The normalized spacial score (nSPS) is 16.7. The molecular weight excluding hydrogens is 348 g/mol. The zero-order valence-corrected chi connectivity index (χ0v) is 17.1. The van der Waals surface area contributed by atoms with E-state index < -0.39 is 6.10 Å². The van der Waals surface area contributed by atoms with Crippen molar-refractivity contribution in [3.63, 3.8) is 0 Å². The molecule has 2 aromatic rings. The van der Waals surface area contributed by atoms with Gasteiger partial charge in [0, 0.05) is 19.6 Å². The first-order valence-electron chi connectivity index (χ1n) is 10.5. The largest absolute Gasteiger partial charge is 0.491 e. The van der Waals surface area contributed by atoms with Gasteiger partial charge in [-0.2, -0.15) is 0 Å². The number of aliphatic hydroxyl groups excluding tert-OH is 1. The first-order chi connectivity index (χ1) is 13.7. The maximum Gasteiger partial charge on any atom is 0.119 e. The summed E-state index contributed by atoms with van der Waals surface area (Å²) in [5, 5.41) is 10.3. The molecule has 0 radical (unpaired) electrons. The second kappa shape index (κ2) is 11.2. The summed E-state index contributed by atoms with van der Waals surface area (Å²) in [5.41, 5.74) is 2.58. The second-order valence-corrected chi connectivity index (χ2v) is 7.98. The van der Waals surface area contributed by atoms with Gasteiger partial charge >= 0.3 is 0 Å². The fourth-order valence-electron chi connectivity index (χ4n) is 3.81. The Hall–Kier alpha value is -1.88. The van der Waals surface area contributed by atoms with Crippen LogP contribution in [0.5, 0.6) is 5.75 Å². The van der Waals surface area contributed by atoms with E-state index in [0.717, 1.165) is 18.8 Å². The zero-order chi connectivity index (χ0) is 19.6. The molecule has 3 rings (SSSR count). The van der Waals surface area contributed by atoms with Gasteiger partial charge in [-0.3, -0.25) is 9.80 Å². The summed E-state index contributed by atoms with van der Waals surface area (Å²) in [4.78, 5) is 4.67. The molecule has 1 aliphatic rings. The zero-order valence-electron chi connectivity index (χ0n) is 17.1. The van der Waals surface area contributed by atoms with Crippen LogP contribution in [0.3, 0.4) is 0 Å². The molecule has 0 amide bonds. The predicted octanol–water partition coefficient (Wildman–Crippen LogP) is 3.93. The number of nitrogens with zero attached hydrogens (tertiary/aromatic N) is 2. The first kappa shape index (κ1) is 20.8. The van der Waals surface area contributed by atoms with E-state index in [0.29, 0.717) is 13.2 Å². The molecule has 1 fully saturated rings. The van der Waals surface area contributed by atoms with E-state index in [1.165, 1.54) is 49.9 Å². The van der Waals surface area contributed by atoms with Crippen molar-refractivity contribution in [1.29, 1.82) is 0 Å². The third kappa shape index (κ3) is 7.27. The lowest BCUT2D eigenvalue weighted by Crippen LogP contribution is -2.32. The highest BCUT2D eigenvalue weighted by Gasteiger charge is 2.11. The van der Waals surface area contributed by atoms with Crippen LogP contribution in [-0.2, 0) is 13.1 Å². The summed E-state index contributed by atoms with van der Waals surface area (Å²) >= 11 is 0. The third-order valence-electron chi connectivity index (χ3n) is 5.29. The van der Waals surface area contributed by atoms with Gasteiger partial charge in [-0.1, -0.05) is 55.3 Å². The van der Waals surface area contributed by atoms with Gasteiger partial charge in [0.2, 0.25) is 0 Å². The van der Waals surface area contributed by atoms with Crippen molar-refractivity contribution in [2.24, 2.45) is 0 Å². The van der Waals surface area contributed by atoms with Crippen LogP contribution in [0, 0.1) is 0 Å². The molecule has 0 bridgehead atoms. The van der Waals surface area contributed by atoms with E-state index in [2.05, 4.69) is 34.1 Å². The van der Waals surface area contributed by atoms with Gasteiger partial charge in [0.15, 0.2) is 0 Å². The third-order valence-corrected chi connectivity index (χ3v) is 5.29. The van der Waals surface area contributed by atoms with Crippen molar-refractivity contribution < 1.29 is 9.84 Å². The Kier molecular flexibility index (Phi) is 8.34. The van der Waals surface area contributed by atoms with Crippen LogP contribution in [0.15, 0.2) is 54.6 Å². The summed E-state index contributed by atoms with van der Waals surface area (Å²) in [7, 11) is 2.02. The summed E-state index contributed by atoms with van der Waals surface area (Å²) in [6.45, 7) is 5.16.